The highest BCUT2D eigenvalue weighted by Crippen LogP contribution is 2.47. The summed E-state index contributed by atoms with van der Waals surface area (Å²) in [5.74, 6) is 1.89. The summed E-state index contributed by atoms with van der Waals surface area (Å²) in [7, 11) is 6.57. The average molecular weight is 450 g/mol. The fraction of sp³-hybridized carbons (Fsp3) is 0.333. The van der Waals surface area contributed by atoms with E-state index in [1.54, 1.807) is 28.4 Å². The van der Waals surface area contributed by atoms with Gasteiger partial charge in [0.15, 0.2) is 11.5 Å². The maximum atomic E-state index is 11.2. The number of hydrogen-bond donors (Lipinski definition) is 1. The van der Waals surface area contributed by atoms with E-state index in [0.29, 0.717) is 23.8 Å². The van der Waals surface area contributed by atoms with E-state index in [9.17, 15) is 5.11 Å². The van der Waals surface area contributed by atoms with Crippen LogP contribution >= 0.6 is 0 Å². The normalized spacial score (nSPS) is 14.4. The van der Waals surface area contributed by atoms with Crippen LogP contribution < -0.4 is 14.2 Å². The molecule has 3 aromatic rings. The molecule has 3 aromatic carbocycles. The molecule has 1 N–H and O–H groups in total. The second-order valence-electron chi connectivity index (χ2n) is 8.11. The third-order valence-electron chi connectivity index (χ3n) is 6.32. The lowest BCUT2D eigenvalue weighted by molar-refractivity contribution is -0.0392. The number of phenols is 1. The third kappa shape index (κ3) is 4.63. The minimum atomic E-state index is -0.0737. The molecule has 1 atom stereocenters. The molecule has 0 fully saturated rings. The van der Waals surface area contributed by atoms with E-state index in [0.717, 1.165) is 41.6 Å². The third-order valence-corrected chi connectivity index (χ3v) is 6.32. The van der Waals surface area contributed by atoms with Gasteiger partial charge in [-0.3, -0.25) is 4.90 Å². The van der Waals surface area contributed by atoms with Gasteiger partial charge in [0.2, 0.25) is 0 Å². The molecular formula is C27H31NO5. The Morgan fingerprint density at radius 1 is 0.909 bits per heavy atom. The molecule has 0 radical (unpaired) electrons. The van der Waals surface area contributed by atoms with Crippen LogP contribution in [0.2, 0.25) is 0 Å². The Kier molecular flexibility index (Phi) is 7.06. The molecule has 33 heavy (non-hydrogen) atoms. The molecule has 174 valence electrons. The van der Waals surface area contributed by atoms with Gasteiger partial charge in [0, 0.05) is 43.8 Å². The summed E-state index contributed by atoms with van der Waals surface area (Å²) in [5, 5.41) is 11.2. The molecule has 0 saturated heterocycles. The Hall–Kier alpha value is -3.22. The summed E-state index contributed by atoms with van der Waals surface area (Å²) in [4.78, 5) is 2.32. The quantitative estimate of drug-likeness (QED) is 0.540. The zero-order valence-corrected chi connectivity index (χ0v) is 19.6. The van der Waals surface area contributed by atoms with Gasteiger partial charge in [-0.05, 0) is 41.3 Å². The van der Waals surface area contributed by atoms with Crippen molar-refractivity contribution in [3.63, 3.8) is 0 Å². The first-order valence-corrected chi connectivity index (χ1v) is 11.0. The van der Waals surface area contributed by atoms with Crippen molar-refractivity contribution in [1.82, 2.24) is 4.90 Å². The van der Waals surface area contributed by atoms with E-state index in [2.05, 4.69) is 17.0 Å². The Balaban J connectivity index is 1.76. The van der Waals surface area contributed by atoms with Crippen LogP contribution in [0.5, 0.6) is 23.0 Å². The fourth-order valence-corrected chi connectivity index (χ4v) is 4.56. The van der Waals surface area contributed by atoms with Gasteiger partial charge in [0.1, 0.15) is 17.7 Å². The summed E-state index contributed by atoms with van der Waals surface area (Å²) in [6.07, 6.45) is 1.54. The van der Waals surface area contributed by atoms with Crippen molar-refractivity contribution in [3.8, 4) is 34.1 Å². The predicted molar refractivity (Wildman–Crippen MR) is 128 cm³/mol. The molecular weight excluding hydrogens is 418 g/mol. The number of hydrogen-bond acceptors (Lipinski definition) is 6. The van der Waals surface area contributed by atoms with Crippen molar-refractivity contribution in [2.75, 3.05) is 35.0 Å². The van der Waals surface area contributed by atoms with Gasteiger partial charge in [-0.2, -0.15) is 0 Å². The second-order valence-corrected chi connectivity index (χ2v) is 8.11. The van der Waals surface area contributed by atoms with Gasteiger partial charge < -0.3 is 24.1 Å². The number of rotatable bonds is 8. The van der Waals surface area contributed by atoms with E-state index < -0.39 is 0 Å². The number of phenolic OH excluding ortho intramolecular Hbond substituents is 1. The van der Waals surface area contributed by atoms with Gasteiger partial charge >= 0.3 is 0 Å². The van der Waals surface area contributed by atoms with Crippen LogP contribution in [0.15, 0.2) is 54.6 Å². The Labute approximate surface area is 195 Å². The number of aromatic hydroxyl groups is 1. The van der Waals surface area contributed by atoms with Gasteiger partial charge in [0.05, 0.1) is 21.3 Å². The van der Waals surface area contributed by atoms with Gasteiger partial charge in [0.25, 0.3) is 0 Å². The molecule has 1 aliphatic heterocycles. The van der Waals surface area contributed by atoms with E-state index in [-0.39, 0.29) is 12.0 Å². The average Bonchev–Trinajstić information content (AvgIpc) is 2.87. The molecule has 6 heteroatoms. The van der Waals surface area contributed by atoms with Crippen molar-refractivity contribution in [2.45, 2.75) is 25.6 Å². The van der Waals surface area contributed by atoms with Gasteiger partial charge in [-0.1, -0.05) is 30.3 Å². The molecule has 0 spiro atoms. The minimum Gasteiger partial charge on any atom is -0.504 e. The number of nitrogens with zero attached hydrogens (tertiary/aromatic N) is 1. The Bertz CT molecular complexity index is 1100. The molecule has 0 saturated carbocycles. The smallest absolute Gasteiger partial charge is 0.166 e. The zero-order valence-electron chi connectivity index (χ0n) is 19.6. The predicted octanol–water partition coefficient (Wildman–Crippen LogP) is 4.66. The van der Waals surface area contributed by atoms with Crippen molar-refractivity contribution in [1.29, 1.82) is 0 Å². The molecule has 0 aromatic heterocycles. The topological polar surface area (TPSA) is 60.4 Å². The van der Waals surface area contributed by atoms with Crippen molar-refractivity contribution < 1.29 is 24.1 Å². The molecule has 1 heterocycles. The molecule has 0 amide bonds. The van der Waals surface area contributed by atoms with Crippen LogP contribution in [0.25, 0.3) is 11.1 Å². The molecule has 1 unspecified atom stereocenters. The van der Waals surface area contributed by atoms with Crippen LogP contribution in [-0.2, 0) is 24.1 Å². The van der Waals surface area contributed by atoms with Gasteiger partial charge in [-0.25, -0.2) is 0 Å². The first-order chi connectivity index (χ1) is 16.1. The number of ether oxygens (including phenoxy) is 4. The highest BCUT2D eigenvalue weighted by molar-refractivity contribution is 5.82. The lowest BCUT2D eigenvalue weighted by Crippen LogP contribution is -2.41. The molecule has 1 aliphatic rings. The van der Waals surface area contributed by atoms with E-state index >= 15 is 0 Å². The van der Waals surface area contributed by atoms with E-state index in [4.69, 9.17) is 18.9 Å². The largest absolute Gasteiger partial charge is 0.504 e. The van der Waals surface area contributed by atoms with E-state index in [1.807, 2.05) is 42.5 Å². The van der Waals surface area contributed by atoms with Crippen LogP contribution in [0.3, 0.4) is 0 Å². The number of fused-ring (bicyclic) bond motifs is 1. The molecule has 4 rings (SSSR count). The molecule has 6 nitrogen and oxygen atoms in total. The van der Waals surface area contributed by atoms with Crippen LogP contribution in [0, 0.1) is 0 Å². The van der Waals surface area contributed by atoms with Crippen LogP contribution in [0.4, 0.5) is 0 Å². The first-order valence-electron chi connectivity index (χ1n) is 11.0. The highest BCUT2D eigenvalue weighted by atomic mass is 16.5. The summed E-state index contributed by atoms with van der Waals surface area (Å²) >= 11 is 0. The van der Waals surface area contributed by atoms with Crippen molar-refractivity contribution >= 4 is 0 Å². The fourth-order valence-electron chi connectivity index (χ4n) is 4.56. The lowest BCUT2D eigenvalue weighted by atomic mass is 9.89. The number of methoxy groups -OCH3 is 4. The summed E-state index contributed by atoms with van der Waals surface area (Å²) in [6, 6.07) is 17.9. The number of benzene rings is 3. The maximum absolute atomic E-state index is 11.2. The Morgan fingerprint density at radius 2 is 1.67 bits per heavy atom. The first kappa shape index (κ1) is 23.0. The highest BCUT2D eigenvalue weighted by Gasteiger charge is 2.29. The monoisotopic (exact) mass is 449 g/mol. The summed E-state index contributed by atoms with van der Waals surface area (Å²) < 4.78 is 22.4. The standard InChI is InChI=1S/C27H31NO5/c1-30-20-10-11-21(23(16-20)31-2)26-22-17-28(13-12-19(22)15-24(32-3)27(26)29)25(33-4)14-18-8-6-5-7-9-18/h5-11,15-16,25,29H,12-14,17H2,1-4H3. The zero-order chi connectivity index (χ0) is 23.4. The summed E-state index contributed by atoms with van der Waals surface area (Å²) in [5.41, 5.74) is 4.96. The second kappa shape index (κ2) is 10.1. The molecule has 0 aliphatic carbocycles. The molecule has 0 bridgehead atoms. The maximum Gasteiger partial charge on any atom is 0.166 e. The van der Waals surface area contributed by atoms with Crippen LogP contribution in [0.1, 0.15) is 16.7 Å². The summed E-state index contributed by atoms with van der Waals surface area (Å²) in [6.45, 7) is 1.49. The Morgan fingerprint density at radius 3 is 2.33 bits per heavy atom. The lowest BCUT2D eigenvalue weighted by Gasteiger charge is -2.36. The van der Waals surface area contributed by atoms with Crippen molar-refractivity contribution in [3.05, 3.63) is 71.3 Å². The SMILES string of the molecule is COc1ccc(-c2c(O)c(OC)cc3c2CN(C(Cc2ccccc2)OC)CC3)c(OC)c1. The van der Waals surface area contributed by atoms with Crippen molar-refractivity contribution in [2.24, 2.45) is 0 Å². The van der Waals surface area contributed by atoms with Gasteiger partial charge in [-0.15, -0.1) is 0 Å². The van der Waals surface area contributed by atoms with E-state index in [1.165, 1.54) is 5.56 Å². The van der Waals surface area contributed by atoms with Crippen LogP contribution in [-0.4, -0.2) is 51.2 Å². The minimum absolute atomic E-state index is 0.0737.